The van der Waals surface area contributed by atoms with E-state index < -0.39 is 0 Å². The number of hydrogen-bond donors (Lipinski definition) is 1. The lowest BCUT2D eigenvalue weighted by Crippen LogP contribution is -2.12. The minimum absolute atomic E-state index is 0.114. The average Bonchev–Trinajstić information content (AvgIpc) is 2.56. The lowest BCUT2D eigenvalue weighted by Gasteiger charge is -2.16. The van der Waals surface area contributed by atoms with Crippen LogP contribution < -0.4 is 14.8 Å². The van der Waals surface area contributed by atoms with Crippen LogP contribution in [-0.2, 0) is 6.61 Å². The summed E-state index contributed by atoms with van der Waals surface area (Å²) in [4.78, 5) is 12.6. The maximum absolute atomic E-state index is 11.7. The zero-order valence-corrected chi connectivity index (χ0v) is 15.3. The third kappa shape index (κ3) is 4.68. The molecular formula is C19H23NO3S. The van der Waals surface area contributed by atoms with E-state index in [9.17, 15) is 4.79 Å². The van der Waals surface area contributed by atoms with Crippen LogP contribution in [0.1, 0.15) is 23.6 Å². The molecule has 0 aliphatic carbocycles. The van der Waals surface area contributed by atoms with Gasteiger partial charge in [0.1, 0.15) is 18.1 Å². The van der Waals surface area contributed by atoms with E-state index in [4.69, 9.17) is 9.47 Å². The number of amides is 1. The van der Waals surface area contributed by atoms with Crippen molar-refractivity contribution in [3.05, 3.63) is 53.1 Å². The van der Waals surface area contributed by atoms with E-state index in [-0.39, 0.29) is 5.24 Å². The lowest BCUT2D eigenvalue weighted by atomic mass is 10.1. The van der Waals surface area contributed by atoms with Gasteiger partial charge >= 0.3 is 0 Å². The Labute approximate surface area is 147 Å². The largest absolute Gasteiger partial charge is 0.493 e. The first-order valence-corrected chi connectivity index (χ1v) is 8.71. The molecule has 5 heteroatoms. The Morgan fingerprint density at radius 2 is 1.92 bits per heavy atom. The third-order valence-electron chi connectivity index (χ3n) is 3.50. The first-order chi connectivity index (χ1) is 11.5. The Hall–Kier alpha value is -2.14. The van der Waals surface area contributed by atoms with E-state index in [2.05, 4.69) is 18.3 Å². The van der Waals surface area contributed by atoms with E-state index in [1.165, 1.54) is 5.56 Å². The van der Waals surface area contributed by atoms with Crippen LogP contribution >= 0.6 is 11.8 Å². The molecule has 0 heterocycles. The number of hydrogen-bond acceptors (Lipinski definition) is 4. The summed E-state index contributed by atoms with van der Waals surface area (Å²) in [6.45, 7) is 6.92. The maximum atomic E-state index is 11.7. The molecule has 128 valence electrons. The number of benzene rings is 2. The molecule has 0 bridgehead atoms. The number of carbonyl (C=O) groups is 1. The van der Waals surface area contributed by atoms with Gasteiger partial charge in [0.15, 0.2) is 0 Å². The maximum Gasteiger partial charge on any atom is 0.283 e. The summed E-state index contributed by atoms with van der Waals surface area (Å²) in [6, 6.07) is 11.8. The minimum Gasteiger partial charge on any atom is -0.493 e. The van der Waals surface area contributed by atoms with Crippen molar-refractivity contribution in [2.75, 3.05) is 13.7 Å². The Kier molecular flexibility index (Phi) is 6.55. The van der Waals surface area contributed by atoms with Crippen LogP contribution in [0.2, 0.25) is 0 Å². The Balaban J connectivity index is 2.26. The Morgan fingerprint density at radius 1 is 1.12 bits per heavy atom. The number of ether oxygens (including phenoxy) is 2. The van der Waals surface area contributed by atoms with E-state index in [0.717, 1.165) is 39.3 Å². The molecule has 24 heavy (non-hydrogen) atoms. The summed E-state index contributed by atoms with van der Waals surface area (Å²) < 4.78 is 11.7. The molecule has 1 amide bonds. The van der Waals surface area contributed by atoms with Crippen LogP contribution in [0.25, 0.3) is 0 Å². The van der Waals surface area contributed by atoms with Gasteiger partial charge in [0.2, 0.25) is 0 Å². The molecule has 2 aromatic carbocycles. The molecule has 2 aromatic rings. The van der Waals surface area contributed by atoms with Gasteiger partial charge in [0.05, 0.1) is 6.61 Å². The zero-order valence-electron chi connectivity index (χ0n) is 14.5. The van der Waals surface area contributed by atoms with Crippen molar-refractivity contribution in [2.24, 2.45) is 0 Å². The van der Waals surface area contributed by atoms with Gasteiger partial charge in [-0.15, -0.1) is 0 Å². The van der Waals surface area contributed by atoms with Crippen LogP contribution in [0, 0.1) is 13.8 Å². The van der Waals surface area contributed by atoms with Crippen molar-refractivity contribution in [1.82, 2.24) is 5.32 Å². The van der Waals surface area contributed by atoms with Crippen molar-refractivity contribution in [3.8, 4) is 11.5 Å². The molecule has 0 saturated heterocycles. The highest BCUT2D eigenvalue weighted by molar-refractivity contribution is 8.13. The van der Waals surface area contributed by atoms with Gasteiger partial charge in [0, 0.05) is 17.5 Å². The number of aryl methyl sites for hydroxylation is 2. The molecule has 1 N–H and O–H groups in total. The number of nitrogens with one attached hydrogen (secondary N) is 1. The normalized spacial score (nSPS) is 10.3. The quantitative estimate of drug-likeness (QED) is 0.770. The summed E-state index contributed by atoms with van der Waals surface area (Å²) in [5, 5.41) is 2.51. The van der Waals surface area contributed by atoms with Crippen molar-refractivity contribution in [3.63, 3.8) is 0 Å². The summed E-state index contributed by atoms with van der Waals surface area (Å²) in [6.07, 6.45) is 0. The predicted octanol–water partition coefficient (Wildman–Crippen LogP) is 4.71. The molecule has 0 fully saturated rings. The molecule has 0 spiro atoms. The second-order valence-electron chi connectivity index (χ2n) is 5.36. The summed E-state index contributed by atoms with van der Waals surface area (Å²) in [7, 11) is 1.62. The molecule has 4 nitrogen and oxygen atoms in total. The van der Waals surface area contributed by atoms with Gasteiger partial charge in [-0.05, 0) is 56.3 Å². The van der Waals surface area contributed by atoms with Crippen LogP contribution in [0.4, 0.5) is 4.79 Å². The van der Waals surface area contributed by atoms with Gasteiger partial charge < -0.3 is 14.8 Å². The first kappa shape index (κ1) is 18.2. The molecule has 0 aliphatic rings. The SMILES string of the molecule is CCOc1cccc(SC(=O)NC)c1COc1ccc(C)cc1C. The van der Waals surface area contributed by atoms with Crippen molar-refractivity contribution < 1.29 is 14.3 Å². The number of carbonyl (C=O) groups excluding carboxylic acids is 1. The fourth-order valence-corrected chi connectivity index (χ4v) is 3.07. The molecular weight excluding hydrogens is 322 g/mol. The van der Waals surface area contributed by atoms with E-state index in [1.807, 2.05) is 44.2 Å². The molecule has 2 rings (SSSR count). The van der Waals surface area contributed by atoms with E-state index in [1.54, 1.807) is 7.05 Å². The standard InChI is InChI=1S/C19H23NO3S/c1-5-22-17-7-6-8-18(24-19(21)20-4)15(17)12-23-16-10-9-13(2)11-14(16)3/h6-11H,5,12H2,1-4H3,(H,20,21). The highest BCUT2D eigenvalue weighted by atomic mass is 32.2. The van der Waals surface area contributed by atoms with E-state index in [0.29, 0.717) is 13.2 Å². The van der Waals surface area contributed by atoms with Gasteiger partial charge in [-0.2, -0.15) is 0 Å². The monoisotopic (exact) mass is 345 g/mol. The average molecular weight is 345 g/mol. The molecule has 0 aliphatic heterocycles. The summed E-state index contributed by atoms with van der Waals surface area (Å²) in [5.41, 5.74) is 3.17. The van der Waals surface area contributed by atoms with E-state index >= 15 is 0 Å². The smallest absolute Gasteiger partial charge is 0.283 e. The van der Waals surface area contributed by atoms with Gasteiger partial charge in [0.25, 0.3) is 5.24 Å². The highest BCUT2D eigenvalue weighted by Crippen LogP contribution is 2.32. The topological polar surface area (TPSA) is 47.6 Å². The summed E-state index contributed by atoms with van der Waals surface area (Å²) in [5.74, 6) is 1.58. The van der Waals surface area contributed by atoms with Gasteiger partial charge in [-0.3, -0.25) is 4.79 Å². The van der Waals surface area contributed by atoms with Crippen LogP contribution in [0.15, 0.2) is 41.3 Å². The Morgan fingerprint density at radius 3 is 2.58 bits per heavy atom. The van der Waals surface area contributed by atoms with Crippen molar-refractivity contribution >= 4 is 17.0 Å². The Bertz CT molecular complexity index is 716. The third-order valence-corrected chi connectivity index (χ3v) is 4.49. The van der Waals surface area contributed by atoms with Gasteiger partial charge in [-0.25, -0.2) is 0 Å². The van der Waals surface area contributed by atoms with Crippen LogP contribution in [-0.4, -0.2) is 18.9 Å². The number of thioether (sulfide) groups is 1. The number of rotatable bonds is 6. The highest BCUT2D eigenvalue weighted by Gasteiger charge is 2.14. The minimum atomic E-state index is -0.114. The second-order valence-corrected chi connectivity index (χ2v) is 6.38. The summed E-state index contributed by atoms with van der Waals surface area (Å²) >= 11 is 1.14. The second kappa shape index (κ2) is 8.64. The fraction of sp³-hybridized carbons (Fsp3) is 0.316. The van der Waals surface area contributed by atoms with Gasteiger partial charge in [-0.1, -0.05) is 23.8 Å². The zero-order chi connectivity index (χ0) is 17.5. The fourth-order valence-electron chi connectivity index (χ4n) is 2.34. The van der Waals surface area contributed by atoms with Crippen molar-refractivity contribution in [1.29, 1.82) is 0 Å². The molecule has 0 saturated carbocycles. The molecule has 0 aromatic heterocycles. The van der Waals surface area contributed by atoms with Crippen molar-refractivity contribution in [2.45, 2.75) is 32.3 Å². The predicted molar refractivity (Wildman–Crippen MR) is 98.2 cm³/mol. The molecule has 0 atom stereocenters. The molecule has 0 radical (unpaired) electrons. The lowest BCUT2D eigenvalue weighted by molar-refractivity contribution is 0.262. The first-order valence-electron chi connectivity index (χ1n) is 7.89. The van der Waals surface area contributed by atoms with Crippen LogP contribution in [0.3, 0.4) is 0 Å². The van der Waals surface area contributed by atoms with Crippen LogP contribution in [0.5, 0.6) is 11.5 Å². The molecule has 0 unspecified atom stereocenters.